The van der Waals surface area contributed by atoms with Crippen molar-refractivity contribution >= 4 is 17.5 Å². The molecule has 5 heteroatoms. The van der Waals surface area contributed by atoms with E-state index in [0.717, 1.165) is 12.8 Å². The third-order valence-corrected chi connectivity index (χ3v) is 4.40. The van der Waals surface area contributed by atoms with Gasteiger partial charge in [-0.1, -0.05) is 29.8 Å². The van der Waals surface area contributed by atoms with E-state index in [1.807, 2.05) is 0 Å². The predicted molar refractivity (Wildman–Crippen MR) is 91.6 cm³/mol. The molecule has 1 saturated heterocycles. The third kappa shape index (κ3) is 4.13. The van der Waals surface area contributed by atoms with Gasteiger partial charge < -0.3 is 9.64 Å². The van der Waals surface area contributed by atoms with Gasteiger partial charge in [-0.05, 0) is 43.2 Å². The van der Waals surface area contributed by atoms with E-state index in [2.05, 4.69) is 0 Å². The van der Waals surface area contributed by atoms with E-state index in [0.29, 0.717) is 29.3 Å². The topological polar surface area (TPSA) is 29.5 Å². The number of ether oxygens (including phenoxy) is 1. The highest BCUT2D eigenvalue weighted by atomic mass is 35.5. The molecule has 0 aromatic heterocycles. The molecule has 1 heterocycles. The minimum Gasteiger partial charge on any atom is -0.376 e. The summed E-state index contributed by atoms with van der Waals surface area (Å²) in [5.41, 5.74) is 1.03. The molecule has 0 N–H and O–H groups in total. The Bertz CT molecular complexity index is 699. The van der Waals surface area contributed by atoms with Gasteiger partial charge in [-0.15, -0.1) is 0 Å². The van der Waals surface area contributed by atoms with Crippen LogP contribution in [0.1, 0.15) is 28.8 Å². The van der Waals surface area contributed by atoms with Gasteiger partial charge in [0.25, 0.3) is 5.91 Å². The lowest BCUT2D eigenvalue weighted by Gasteiger charge is -2.26. The molecule has 3 nitrogen and oxygen atoms in total. The quantitative estimate of drug-likeness (QED) is 0.807. The van der Waals surface area contributed by atoms with Crippen LogP contribution < -0.4 is 0 Å². The molecule has 1 unspecified atom stereocenters. The van der Waals surface area contributed by atoms with Crippen molar-refractivity contribution in [1.29, 1.82) is 0 Å². The van der Waals surface area contributed by atoms with Crippen molar-refractivity contribution in [3.05, 3.63) is 70.5 Å². The lowest BCUT2D eigenvalue weighted by molar-refractivity contribution is 0.0505. The first-order valence-corrected chi connectivity index (χ1v) is 8.41. The van der Waals surface area contributed by atoms with E-state index in [1.54, 1.807) is 47.4 Å². The molecule has 1 aliphatic heterocycles. The van der Waals surface area contributed by atoms with Crippen LogP contribution in [0.2, 0.25) is 5.02 Å². The second-order valence-electron chi connectivity index (χ2n) is 5.92. The molecule has 1 atom stereocenters. The summed E-state index contributed by atoms with van der Waals surface area (Å²) in [4.78, 5) is 14.5. The first-order chi connectivity index (χ1) is 11.6. The van der Waals surface area contributed by atoms with Crippen molar-refractivity contribution in [2.45, 2.75) is 25.5 Å². The summed E-state index contributed by atoms with van der Waals surface area (Å²) in [7, 11) is 0. The Morgan fingerprint density at radius 2 is 1.96 bits per heavy atom. The van der Waals surface area contributed by atoms with E-state index >= 15 is 0 Å². The molecule has 126 valence electrons. The van der Waals surface area contributed by atoms with Crippen LogP contribution in [0.25, 0.3) is 0 Å². The number of amides is 1. The average Bonchev–Trinajstić information content (AvgIpc) is 3.09. The van der Waals surface area contributed by atoms with Gasteiger partial charge in [0, 0.05) is 35.8 Å². The second-order valence-corrected chi connectivity index (χ2v) is 6.36. The standard InChI is InChI=1S/C19H19ClFNO2/c20-16-9-7-14(8-10-16)19(23)22(13-17-5-3-11-24-17)12-15-4-1-2-6-18(15)21/h1-2,4,6-10,17H,3,5,11-13H2. The zero-order valence-electron chi connectivity index (χ0n) is 13.3. The molecular weight excluding hydrogens is 329 g/mol. The summed E-state index contributed by atoms with van der Waals surface area (Å²) in [5, 5.41) is 0.575. The molecule has 1 fully saturated rings. The van der Waals surface area contributed by atoms with Crippen LogP contribution in [0.3, 0.4) is 0 Å². The van der Waals surface area contributed by atoms with Gasteiger partial charge in [0.2, 0.25) is 0 Å². The van der Waals surface area contributed by atoms with E-state index in [4.69, 9.17) is 16.3 Å². The van der Waals surface area contributed by atoms with Crippen molar-refractivity contribution in [3.63, 3.8) is 0 Å². The van der Waals surface area contributed by atoms with Gasteiger partial charge >= 0.3 is 0 Å². The summed E-state index contributed by atoms with van der Waals surface area (Å²) < 4.78 is 19.6. The molecule has 3 rings (SSSR count). The minimum absolute atomic E-state index is 0.00743. The Morgan fingerprint density at radius 3 is 2.62 bits per heavy atom. The Balaban J connectivity index is 1.81. The number of halogens is 2. The molecule has 1 amide bonds. The Morgan fingerprint density at radius 1 is 1.21 bits per heavy atom. The van der Waals surface area contributed by atoms with Crippen molar-refractivity contribution in [3.8, 4) is 0 Å². The molecule has 24 heavy (non-hydrogen) atoms. The largest absolute Gasteiger partial charge is 0.376 e. The molecular formula is C19H19ClFNO2. The summed E-state index contributed by atoms with van der Waals surface area (Å²) in [6.07, 6.45) is 1.92. The highest BCUT2D eigenvalue weighted by Crippen LogP contribution is 2.19. The first kappa shape index (κ1) is 16.9. The number of carbonyl (C=O) groups excluding carboxylic acids is 1. The maximum Gasteiger partial charge on any atom is 0.254 e. The van der Waals surface area contributed by atoms with Crippen LogP contribution in [0.4, 0.5) is 4.39 Å². The predicted octanol–water partition coefficient (Wildman–Crippen LogP) is 4.30. The number of rotatable bonds is 5. The molecule has 1 aliphatic rings. The summed E-state index contributed by atoms with van der Waals surface area (Å²) in [6, 6.07) is 13.3. The maximum atomic E-state index is 14.0. The van der Waals surface area contributed by atoms with Gasteiger partial charge in [-0.25, -0.2) is 4.39 Å². The lowest BCUT2D eigenvalue weighted by Crippen LogP contribution is -2.37. The van der Waals surface area contributed by atoms with Crippen LogP contribution in [0.15, 0.2) is 48.5 Å². The van der Waals surface area contributed by atoms with Crippen molar-refractivity contribution in [2.24, 2.45) is 0 Å². The maximum absolute atomic E-state index is 14.0. The van der Waals surface area contributed by atoms with Gasteiger partial charge in [-0.3, -0.25) is 4.79 Å². The summed E-state index contributed by atoms with van der Waals surface area (Å²) >= 11 is 5.89. The number of nitrogens with zero attached hydrogens (tertiary/aromatic N) is 1. The number of carbonyl (C=O) groups is 1. The Kier molecular flexibility index (Phi) is 5.48. The van der Waals surface area contributed by atoms with Crippen LogP contribution in [0.5, 0.6) is 0 Å². The SMILES string of the molecule is O=C(c1ccc(Cl)cc1)N(Cc1ccccc1F)CC1CCCO1. The van der Waals surface area contributed by atoms with Gasteiger partial charge in [0.1, 0.15) is 5.82 Å². The summed E-state index contributed by atoms with van der Waals surface area (Å²) in [6.45, 7) is 1.39. The highest BCUT2D eigenvalue weighted by Gasteiger charge is 2.24. The number of hydrogen-bond donors (Lipinski definition) is 0. The number of hydrogen-bond acceptors (Lipinski definition) is 2. The molecule has 0 radical (unpaired) electrons. The molecule has 0 bridgehead atoms. The molecule has 0 spiro atoms. The fourth-order valence-electron chi connectivity index (χ4n) is 2.86. The molecule has 2 aromatic carbocycles. The van der Waals surface area contributed by atoms with Crippen molar-refractivity contribution in [1.82, 2.24) is 4.90 Å². The van der Waals surface area contributed by atoms with Gasteiger partial charge in [-0.2, -0.15) is 0 Å². The molecule has 2 aromatic rings. The Labute approximate surface area is 146 Å². The van der Waals surface area contributed by atoms with Crippen LogP contribution in [-0.2, 0) is 11.3 Å². The molecule has 0 saturated carbocycles. The van der Waals surface area contributed by atoms with Gasteiger partial charge in [0.15, 0.2) is 0 Å². The summed E-state index contributed by atoms with van der Waals surface area (Å²) in [5.74, 6) is -0.454. The van der Waals surface area contributed by atoms with E-state index in [9.17, 15) is 9.18 Å². The van der Waals surface area contributed by atoms with Crippen LogP contribution >= 0.6 is 11.6 Å². The van der Waals surface area contributed by atoms with E-state index in [1.165, 1.54) is 6.07 Å². The third-order valence-electron chi connectivity index (χ3n) is 4.15. The second kappa shape index (κ2) is 7.77. The smallest absolute Gasteiger partial charge is 0.254 e. The fraction of sp³-hybridized carbons (Fsp3) is 0.316. The first-order valence-electron chi connectivity index (χ1n) is 8.03. The fourth-order valence-corrected chi connectivity index (χ4v) is 2.99. The normalized spacial score (nSPS) is 17.0. The molecule has 0 aliphatic carbocycles. The zero-order valence-corrected chi connectivity index (χ0v) is 14.0. The van der Waals surface area contributed by atoms with Crippen LogP contribution in [-0.4, -0.2) is 30.1 Å². The Hall–Kier alpha value is -1.91. The average molecular weight is 348 g/mol. The van der Waals surface area contributed by atoms with E-state index < -0.39 is 0 Å². The zero-order chi connectivity index (χ0) is 16.9. The lowest BCUT2D eigenvalue weighted by atomic mass is 10.1. The van der Waals surface area contributed by atoms with E-state index in [-0.39, 0.29) is 24.4 Å². The number of benzene rings is 2. The monoisotopic (exact) mass is 347 g/mol. The van der Waals surface area contributed by atoms with Crippen molar-refractivity contribution < 1.29 is 13.9 Å². The highest BCUT2D eigenvalue weighted by molar-refractivity contribution is 6.30. The minimum atomic E-state index is -0.307. The van der Waals surface area contributed by atoms with Crippen LogP contribution in [0, 0.1) is 5.82 Å². The van der Waals surface area contributed by atoms with Crippen molar-refractivity contribution in [2.75, 3.05) is 13.2 Å². The van der Waals surface area contributed by atoms with Gasteiger partial charge in [0.05, 0.1) is 6.10 Å².